The van der Waals surface area contributed by atoms with E-state index in [0.29, 0.717) is 31.2 Å². The van der Waals surface area contributed by atoms with Crippen LogP contribution in [0.4, 0.5) is 0 Å². The second kappa shape index (κ2) is 8.55. The van der Waals surface area contributed by atoms with E-state index in [1.54, 1.807) is 10.9 Å². The van der Waals surface area contributed by atoms with Gasteiger partial charge in [0.15, 0.2) is 17.2 Å². The topological polar surface area (TPSA) is 77.1 Å². The fourth-order valence-corrected chi connectivity index (χ4v) is 3.94. The minimum Gasteiger partial charge on any atom is -0.440 e. The lowest BCUT2D eigenvalue weighted by molar-refractivity contribution is 0.0693. The SMILES string of the molecule is O=C(c1cn(C/C=C/c2ccccc2)nn1)N1CCC[C@H](c2nc3ccccc3o2)C1. The van der Waals surface area contributed by atoms with Crippen LogP contribution < -0.4 is 0 Å². The van der Waals surface area contributed by atoms with Gasteiger partial charge in [0.05, 0.1) is 18.7 Å². The Bertz CT molecular complexity index is 1180. The molecule has 0 N–H and O–H groups in total. The van der Waals surface area contributed by atoms with Crippen molar-refractivity contribution in [1.82, 2.24) is 24.9 Å². The molecule has 0 aliphatic carbocycles. The maximum Gasteiger partial charge on any atom is 0.276 e. The third-order valence-electron chi connectivity index (χ3n) is 5.53. The standard InChI is InChI=1S/C24H23N5O2/c30-24(21-17-29(27-26-21)15-6-10-18-8-2-1-3-9-18)28-14-7-11-19(16-28)23-25-20-12-4-5-13-22(20)31-23/h1-6,8-10,12-13,17,19H,7,11,14-16H2/b10-6+/t19-/m0/s1. The quantitative estimate of drug-likeness (QED) is 0.491. The molecule has 0 bridgehead atoms. The first kappa shape index (κ1) is 19.2. The van der Waals surface area contributed by atoms with Gasteiger partial charge in [-0.1, -0.05) is 59.8 Å². The predicted octanol–water partition coefficient (Wildman–Crippen LogP) is 4.15. The molecule has 0 saturated carbocycles. The number of likely N-dealkylation sites (tertiary alicyclic amines) is 1. The van der Waals surface area contributed by atoms with Crippen molar-refractivity contribution < 1.29 is 9.21 Å². The fraction of sp³-hybridized carbons (Fsp3) is 0.250. The largest absolute Gasteiger partial charge is 0.440 e. The van der Waals surface area contributed by atoms with Gasteiger partial charge < -0.3 is 9.32 Å². The highest BCUT2D eigenvalue weighted by Crippen LogP contribution is 2.29. The number of hydrogen-bond acceptors (Lipinski definition) is 5. The second-order valence-corrected chi connectivity index (χ2v) is 7.75. The Balaban J connectivity index is 1.24. The van der Waals surface area contributed by atoms with Crippen LogP contribution in [0.1, 0.15) is 40.7 Å². The van der Waals surface area contributed by atoms with Gasteiger partial charge in [-0.05, 0) is 30.5 Å². The van der Waals surface area contributed by atoms with Crippen LogP contribution in [-0.4, -0.2) is 43.9 Å². The van der Waals surface area contributed by atoms with E-state index < -0.39 is 0 Å². The molecule has 0 radical (unpaired) electrons. The number of amides is 1. The van der Waals surface area contributed by atoms with E-state index in [2.05, 4.69) is 15.3 Å². The molecular formula is C24H23N5O2. The van der Waals surface area contributed by atoms with E-state index in [1.165, 1.54) is 0 Å². The van der Waals surface area contributed by atoms with Crippen LogP contribution in [-0.2, 0) is 6.54 Å². The monoisotopic (exact) mass is 413 g/mol. The summed E-state index contributed by atoms with van der Waals surface area (Å²) in [5, 5.41) is 8.20. The van der Waals surface area contributed by atoms with E-state index in [0.717, 1.165) is 29.5 Å². The zero-order valence-corrected chi connectivity index (χ0v) is 17.1. The Morgan fingerprint density at radius 1 is 1.13 bits per heavy atom. The molecule has 1 amide bonds. The van der Waals surface area contributed by atoms with Crippen LogP contribution in [0.5, 0.6) is 0 Å². The van der Waals surface area contributed by atoms with E-state index in [4.69, 9.17) is 4.42 Å². The van der Waals surface area contributed by atoms with Crippen molar-refractivity contribution in [3.8, 4) is 0 Å². The fourth-order valence-electron chi connectivity index (χ4n) is 3.94. The number of aromatic nitrogens is 4. The number of para-hydroxylation sites is 2. The Morgan fingerprint density at radius 2 is 1.97 bits per heavy atom. The minimum atomic E-state index is -0.0981. The highest BCUT2D eigenvalue weighted by Gasteiger charge is 2.29. The van der Waals surface area contributed by atoms with Gasteiger partial charge in [-0.2, -0.15) is 0 Å². The predicted molar refractivity (Wildman–Crippen MR) is 117 cm³/mol. The van der Waals surface area contributed by atoms with Gasteiger partial charge in [-0.15, -0.1) is 5.10 Å². The summed E-state index contributed by atoms with van der Waals surface area (Å²) < 4.78 is 7.61. The van der Waals surface area contributed by atoms with Gasteiger partial charge in [0.25, 0.3) is 5.91 Å². The normalized spacial score (nSPS) is 16.9. The maximum atomic E-state index is 13.0. The summed E-state index contributed by atoms with van der Waals surface area (Å²) >= 11 is 0. The molecule has 156 valence electrons. The number of benzene rings is 2. The van der Waals surface area contributed by atoms with Crippen LogP contribution in [0.25, 0.3) is 17.2 Å². The zero-order valence-electron chi connectivity index (χ0n) is 17.1. The number of carbonyl (C=O) groups excluding carboxylic acids is 1. The number of piperidine rings is 1. The van der Waals surface area contributed by atoms with Crippen molar-refractivity contribution in [2.45, 2.75) is 25.3 Å². The smallest absolute Gasteiger partial charge is 0.276 e. The Hall–Kier alpha value is -3.74. The molecule has 0 unspecified atom stereocenters. The first-order chi connectivity index (χ1) is 15.3. The zero-order chi connectivity index (χ0) is 21.0. The maximum absolute atomic E-state index is 13.0. The number of nitrogens with zero attached hydrogens (tertiary/aromatic N) is 5. The molecule has 7 nitrogen and oxygen atoms in total. The van der Waals surface area contributed by atoms with Crippen LogP contribution >= 0.6 is 0 Å². The molecule has 1 saturated heterocycles. The average Bonchev–Trinajstić information content (AvgIpc) is 3.47. The van der Waals surface area contributed by atoms with Gasteiger partial charge >= 0.3 is 0 Å². The number of carbonyl (C=O) groups is 1. The average molecular weight is 413 g/mol. The van der Waals surface area contributed by atoms with Gasteiger partial charge in [-0.3, -0.25) is 4.79 Å². The molecule has 2 aromatic carbocycles. The van der Waals surface area contributed by atoms with Gasteiger partial charge in [0.1, 0.15) is 5.52 Å². The van der Waals surface area contributed by atoms with E-state index in [9.17, 15) is 4.79 Å². The minimum absolute atomic E-state index is 0.0916. The number of allylic oxidation sites excluding steroid dienone is 1. The molecule has 7 heteroatoms. The summed E-state index contributed by atoms with van der Waals surface area (Å²) in [7, 11) is 0. The van der Waals surface area contributed by atoms with Crippen molar-refractivity contribution in [3.05, 3.63) is 84.0 Å². The summed E-state index contributed by atoms with van der Waals surface area (Å²) in [5.74, 6) is 0.696. The highest BCUT2D eigenvalue weighted by atomic mass is 16.3. The van der Waals surface area contributed by atoms with E-state index >= 15 is 0 Å². The summed E-state index contributed by atoms with van der Waals surface area (Å²) in [4.78, 5) is 19.5. The molecule has 1 aliphatic heterocycles. The summed E-state index contributed by atoms with van der Waals surface area (Å²) in [6, 6.07) is 17.8. The van der Waals surface area contributed by atoms with Crippen LogP contribution in [0, 0.1) is 0 Å². The molecule has 2 aromatic heterocycles. The van der Waals surface area contributed by atoms with Crippen molar-refractivity contribution in [3.63, 3.8) is 0 Å². The molecular weight excluding hydrogens is 390 g/mol. The lowest BCUT2D eigenvalue weighted by Gasteiger charge is -2.30. The second-order valence-electron chi connectivity index (χ2n) is 7.75. The number of hydrogen-bond donors (Lipinski definition) is 0. The molecule has 0 spiro atoms. The number of fused-ring (bicyclic) bond motifs is 1. The summed E-state index contributed by atoms with van der Waals surface area (Å²) in [6.07, 6.45) is 7.60. The first-order valence-corrected chi connectivity index (χ1v) is 10.5. The molecule has 1 fully saturated rings. The number of rotatable bonds is 5. The molecule has 31 heavy (non-hydrogen) atoms. The van der Waals surface area contributed by atoms with Crippen LogP contribution in [0.15, 0.2) is 71.3 Å². The lowest BCUT2D eigenvalue weighted by atomic mass is 9.98. The number of oxazole rings is 1. The van der Waals surface area contributed by atoms with E-state index in [1.807, 2.05) is 71.6 Å². The lowest BCUT2D eigenvalue weighted by Crippen LogP contribution is -2.39. The van der Waals surface area contributed by atoms with Gasteiger partial charge in [0.2, 0.25) is 0 Å². The molecule has 4 aromatic rings. The summed E-state index contributed by atoms with van der Waals surface area (Å²) in [6.45, 7) is 1.84. The Kier molecular flexibility index (Phi) is 5.31. The van der Waals surface area contributed by atoms with Gasteiger partial charge in [0, 0.05) is 13.1 Å². The van der Waals surface area contributed by atoms with Crippen molar-refractivity contribution >= 4 is 23.1 Å². The van der Waals surface area contributed by atoms with Crippen LogP contribution in [0.2, 0.25) is 0 Å². The molecule has 5 rings (SSSR count). The molecule has 3 heterocycles. The third-order valence-corrected chi connectivity index (χ3v) is 5.53. The van der Waals surface area contributed by atoms with Crippen molar-refractivity contribution in [1.29, 1.82) is 0 Å². The molecule has 1 atom stereocenters. The third kappa shape index (κ3) is 4.26. The van der Waals surface area contributed by atoms with Crippen molar-refractivity contribution in [2.75, 3.05) is 13.1 Å². The molecule has 1 aliphatic rings. The van der Waals surface area contributed by atoms with Gasteiger partial charge in [-0.25, -0.2) is 9.67 Å². The van der Waals surface area contributed by atoms with Crippen molar-refractivity contribution in [2.24, 2.45) is 0 Å². The highest BCUT2D eigenvalue weighted by molar-refractivity contribution is 5.92. The van der Waals surface area contributed by atoms with E-state index in [-0.39, 0.29) is 11.8 Å². The Labute approximate surface area is 180 Å². The first-order valence-electron chi connectivity index (χ1n) is 10.5. The Morgan fingerprint density at radius 3 is 2.84 bits per heavy atom. The summed E-state index contributed by atoms with van der Waals surface area (Å²) in [5.41, 5.74) is 3.13. The van der Waals surface area contributed by atoms with Crippen LogP contribution in [0.3, 0.4) is 0 Å².